The molecule has 2 aromatic rings. The Labute approximate surface area is 190 Å². The fraction of sp³-hybridized carbons (Fsp3) is 0.500. The van der Waals surface area contributed by atoms with Gasteiger partial charge in [-0.3, -0.25) is 9.59 Å². The maximum Gasteiger partial charge on any atom is 0.272 e. The van der Waals surface area contributed by atoms with Gasteiger partial charge in [-0.15, -0.1) is 0 Å². The fourth-order valence-electron chi connectivity index (χ4n) is 3.71. The molecule has 2 amide bonds. The van der Waals surface area contributed by atoms with E-state index in [2.05, 4.69) is 20.9 Å². The Morgan fingerprint density at radius 2 is 2.00 bits per heavy atom. The average Bonchev–Trinajstić information content (AvgIpc) is 2.89. The van der Waals surface area contributed by atoms with Crippen LogP contribution in [-0.2, 0) is 17.9 Å². The molecule has 7 nitrogen and oxygen atoms in total. The van der Waals surface area contributed by atoms with E-state index in [4.69, 9.17) is 11.6 Å². The van der Waals surface area contributed by atoms with Crippen LogP contribution in [0, 0.1) is 17.0 Å². The predicted octanol–water partition coefficient (Wildman–Crippen LogP) is 3.26. The van der Waals surface area contributed by atoms with Crippen molar-refractivity contribution < 1.29 is 18.4 Å². The minimum Gasteiger partial charge on any atom is -0.355 e. The van der Waals surface area contributed by atoms with Crippen LogP contribution in [0.3, 0.4) is 0 Å². The lowest BCUT2D eigenvalue weighted by molar-refractivity contribution is -0.125. The van der Waals surface area contributed by atoms with E-state index in [1.807, 2.05) is 20.8 Å². The number of rotatable bonds is 5. The number of imidazole rings is 1. The lowest BCUT2D eigenvalue weighted by Crippen LogP contribution is -2.53. The predicted molar refractivity (Wildman–Crippen MR) is 118 cm³/mol. The monoisotopic (exact) mass is 467 g/mol. The number of aromatic nitrogens is 2. The summed E-state index contributed by atoms with van der Waals surface area (Å²) in [5.74, 6) is -2.33. The molecular formula is C22H28ClF2N5O2. The van der Waals surface area contributed by atoms with Gasteiger partial charge in [0.1, 0.15) is 23.5 Å². The summed E-state index contributed by atoms with van der Waals surface area (Å²) in [6, 6.07) is 1.08. The number of benzene rings is 1. The molecular weight excluding hydrogens is 440 g/mol. The van der Waals surface area contributed by atoms with Crippen LogP contribution >= 0.6 is 11.6 Å². The van der Waals surface area contributed by atoms with Crippen LogP contribution in [0.4, 0.5) is 8.78 Å². The second-order valence-corrected chi connectivity index (χ2v) is 9.23. The first-order valence-corrected chi connectivity index (χ1v) is 11.0. The normalized spacial score (nSPS) is 15.0. The molecule has 32 heavy (non-hydrogen) atoms. The van der Waals surface area contributed by atoms with Crippen molar-refractivity contribution in [3.8, 4) is 11.4 Å². The van der Waals surface area contributed by atoms with Gasteiger partial charge in [-0.25, -0.2) is 13.8 Å². The minimum absolute atomic E-state index is 0.00898. The number of nitrogens with one attached hydrogen (secondary N) is 3. The van der Waals surface area contributed by atoms with Gasteiger partial charge < -0.3 is 20.5 Å². The summed E-state index contributed by atoms with van der Waals surface area (Å²) in [4.78, 5) is 30.3. The van der Waals surface area contributed by atoms with Crippen molar-refractivity contribution in [2.24, 2.45) is 5.41 Å². The zero-order chi connectivity index (χ0) is 23.6. The van der Waals surface area contributed by atoms with Crippen molar-refractivity contribution in [2.45, 2.75) is 53.2 Å². The van der Waals surface area contributed by atoms with E-state index in [9.17, 15) is 18.4 Å². The van der Waals surface area contributed by atoms with E-state index in [1.165, 1.54) is 6.07 Å². The van der Waals surface area contributed by atoms with Crippen molar-refractivity contribution in [3.63, 3.8) is 0 Å². The second kappa shape index (κ2) is 9.54. The molecule has 0 fully saturated rings. The Balaban J connectivity index is 2.06. The van der Waals surface area contributed by atoms with Crippen molar-refractivity contribution in [2.75, 3.05) is 13.1 Å². The molecule has 1 atom stereocenters. The van der Waals surface area contributed by atoms with Gasteiger partial charge >= 0.3 is 0 Å². The number of amides is 2. The van der Waals surface area contributed by atoms with E-state index in [-0.39, 0.29) is 28.0 Å². The number of carbonyl (C=O) groups is 2. The molecule has 1 aromatic carbocycles. The summed E-state index contributed by atoms with van der Waals surface area (Å²) in [7, 11) is 0. The molecule has 0 bridgehead atoms. The fourth-order valence-corrected chi connectivity index (χ4v) is 3.87. The summed E-state index contributed by atoms with van der Waals surface area (Å²) in [5, 5.41) is 8.52. The lowest BCUT2D eigenvalue weighted by atomic mass is 9.86. The molecule has 0 unspecified atom stereocenters. The number of fused-ring (bicyclic) bond motifs is 1. The third-order valence-corrected chi connectivity index (χ3v) is 5.61. The summed E-state index contributed by atoms with van der Waals surface area (Å²) >= 11 is 5.89. The molecule has 0 aliphatic carbocycles. The number of carbonyl (C=O) groups excluding carboxylic acids is 2. The van der Waals surface area contributed by atoms with Gasteiger partial charge in [-0.05, 0) is 31.4 Å². The Morgan fingerprint density at radius 3 is 2.66 bits per heavy atom. The highest BCUT2D eigenvalue weighted by atomic mass is 35.5. The Hall–Kier alpha value is -2.52. The van der Waals surface area contributed by atoms with Crippen LogP contribution in [0.2, 0.25) is 5.02 Å². The molecule has 1 aliphatic rings. The maximum absolute atomic E-state index is 14.6. The second-order valence-electron chi connectivity index (χ2n) is 8.83. The molecule has 2 heterocycles. The van der Waals surface area contributed by atoms with Gasteiger partial charge in [0, 0.05) is 25.7 Å². The first-order chi connectivity index (χ1) is 15.0. The van der Waals surface area contributed by atoms with Crippen LogP contribution in [-0.4, -0.2) is 40.5 Å². The van der Waals surface area contributed by atoms with Crippen LogP contribution in [0.1, 0.15) is 50.3 Å². The average molecular weight is 468 g/mol. The quantitative estimate of drug-likeness (QED) is 0.589. The van der Waals surface area contributed by atoms with Crippen molar-refractivity contribution in [1.82, 2.24) is 25.5 Å². The van der Waals surface area contributed by atoms with Gasteiger partial charge in [0.25, 0.3) is 5.91 Å². The summed E-state index contributed by atoms with van der Waals surface area (Å²) in [5.41, 5.74) is 0.115. The van der Waals surface area contributed by atoms with Crippen LogP contribution in [0.25, 0.3) is 11.4 Å². The Kier molecular flexibility index (Phi) is 7.19. The topological polar surface area (TPSA) is 88.1 Å². The largest absolute Gasteiger partial charge is 0.355 e. The molecule has 0 spiro atoms. The highest BCUT2D eigenvalue weighted by Gasteiger charge is 2.35. The molecule has 0 radical (unpaired) electrons. The Morgan fingerprint density at radius 1 is 1.28 bits per heavy atom. The summed E-state index contributed by atoms with van der Waals surface area (Å²) in [6.45, 7) is 9.32. The first kappa shape index (κ1) is 24.1. The van der Waals surface area contributed by atoms with E-state index < -0.39 is 29.0 Å². The van der Waals surface area contributed by atoms with E-state index >= 15 is 0 Å². The molecule has 3 rings (SSSR count). The van der Waals surface area contributed by atoms with E-state index in [0.29, 0.717) is 37.9 Å². The van der Waals surface area contributed by atoms with Crippen molar-refractivity contribution in [3.05, 3.63) is 40.2 Å². The van der Waals surface area contributed by atoms with E-state index in [0.717, 1.165) is 6.42 Å². The third kappa shape index (κ3) is 4.94. The van der Waals surface area contributed by atoms with Gasteiger partial charge in [-0.2, -0.15) is 0 Å². The van der Waals surface area contributed by atoms with Crippen LogP contribution in [0.15, 0.2) is 12.1 Å². The van der Waals surface area contributed by atoms with Gasteiger partial charge in [0.15, 0.2) is 5.69 Å². The zero-order valence-electron chi connectivity index (χ0n) is 18.6. The van der Waals surface area contributed by atoms with Crippen molar-refractivity contribution in [1.29, 1.82) is 0 Å². The Bertz CT molecular complexity index is 1030. The maximum atomic E-state index is 14.6. The standard InChI is InChI=1S/C22H28ClF2N5O2/c1-5-27-21(32)18(22(2,3)4)29-20(31)17-16-11-26-7-6-8-30(16)19(28-17)12-9-13(23)15(25)10-14(12)24/h9-10,18,26H,5-8,11H2,1-4H3,(H,27,32)(H,29,31)/t18-/m1/s1. The van der Waals surface area contributed by atoms with Crippen LogP contribution < -0.4 is 16.0 Å². The number of hydrogen-bond acceptors (Lipinski definition) is 4. The SMILES string of the molecule is CCNC(=O)[C@@H](NC(=O)c1nc(-c2cc(Cl)c(F)cc2F)n2c1CNCCC2)C(C)(C)C. The highest BCUT2D eigenvalue weighted by Crippen LogP contribution is 2.30. The number of halogens is 3. The number of likely N-dealkylation sites (N-methyl/N-ethyl adjacent to an activating group) is 1. The molecule has 3 N–H and O–H groups in total. The highest BCUT2D eigenvalue weighted by molar-refractivity contribution is 6.31. The van der Waals surface area contributed by atoms with Crippen molar-refractivity contribution >= 4 is 23.4 Å². The lowest BCUT2D eigenvalue weighted by Gasteiger charge is -2.30. The number of nitrogens with zero attached hydrogens (tertiary/aromatic N) is 2. The van der Waals surface area contributed by atoms with Gasteiger partial charge in [-0.1, -0.05) is 32.4 Å². The molecule has 1 aromatic heterocycles. The number of hydrogen-bond donors (Lipinski definition) is 3. The van der Waals surface area contributed by atoms with Gasteiger partial charge in [0.2, 0.25) is 5.91 Å². The summed E-state index contributed by atoms with van der Waals surface area (Å²) in [6.07, 6.45) is 0.734. The minimum atomic E-state index is -0.870. The molecule has 10 heteroatoms. The smallest absolute Gasteiger partial charge is 0.272 e. The summed E-state index contributed by atoms with van der Waals surface area (Å²) < 4.78 is 30.1. The third-order valence-electron chi connectivity index (χ3n) is 5.32. The molecule has 0 saturated carbocycles. The van der Waals surface area contributed by atoms with Crippen LogP contribution in [0.5, 0.6) is 0 Å². The molecule has 174 valence electrons. The van der Waals surface area contributed by atoms with E-state index in [1.54, 1.807) is 11.5 Å². The first-order valence-electron chi connectivity index (χ1n) is 10.6. The molecule has 1 aliphatic heterocycles. The van der Waals surface area contributed by atoms with Gasteiger partial charge in [0.05, 0.1) is 16.3 Å². The molecule has 0 saturated heterocycles. The zero-order valence-corrected chi connectivity index (χ0v) is 19.4.